The number of H-pyrrole nitrogens is 1. The Kier molecular flexibility index (Phi) is 2.78. The van der Waals surface area contributed by atoms with Crippen molar-refractivity contribution in [2.24, 2.45) is 0 Å². The van der Waals surface area contributed by atoms with Crippen LogP contribution in [0, 0.1) is 18.6 Å². The molecule has 0 aliphatic rings. The van der Waals surface area contributed by atoms with Gasteiger partial charge in [-0.25, -0.2) is 13.8 Å². The fourth-order valence-corrected chi connectivity index (χ4v) is 2.23. The molecule has 2 aromatic carbocycles. The highest BCUT2D eigenvalue weighted by atomic mass is 19.1. The molecule has 0 bridgehead atoms. The summed E-state index contributed by atoms with van der Waals surface area (Å²) in [4.78, 5) is 7.55. The quantitative estimate of drug-likeness (QED) is 0.745. The van der Waals surface area contributed by atoms with Crippen molar-refractivity contribution in [3.63, 3.8) is 0 Å². The van der Waals surface area contributed by atoms with Crippen LogP contribution in [0.25, 0.3) is 11.0 Å². The average molecular weight is 258 g/mol. The third kappa shape index (κ3) is 2.21. The molecular weight excluding hydrogens is 246 g/mol. The Hall–Kier alpha value is -2.23. The smallest absolute Gasteiger partial charge is 0.129 e. The molecule has 96 valence electrons. The Labute approximate surface area is 109 Å². The second kappa shape index (κ2) is 4.46. The fraction of sp³-hybridized carbons (Fsp3) is 0.133. The molecule has 19 heavy (non-hydrogen) atoms. The molecule has 4 heteroatoms. The van der Waals surface area contributed by atoms with Gasteiger partial charge in [0.25, 0.3) is 0 Å². The summed E-state index contributed by atoms with van der Waals surface area (Å²) in [5.74, 6) is -0.263. The number of imidazole rings is 1. The van der Waals surface area contributed by atoms with Crippen molar-refractivity contribution in [3.8, 4) is 0 Å². The molecule has 0 saturated heterocycles. The number of hydrogen-bond acceptors (Lipinski definition) is 1. The Morgan fingerprint density at radius 3 is 2.74 bits per heavy atom. The van der Waals surface area contributed by atoms with Crippen LogP contribution < -0.4 is 0 Å². The molecule has 1 N–H and O–H groups in total. The van der Waals surface area contributed by atoms with Crippen molar-refractivity contribution >= 4 is 11.0 Å². The van der Waals surface area contributed by atoms with Gasteiger partial charge in [0.1, 0.15) is 17.5 Å². The van der Waals surface area contributed by atoms with Crippen molar-refractivity contribution in [3.05, 3.63) is 65.0 Å². The summed E-state index contributed by atoms with van der Waals surface area (Å²) in [6.45, 7) is 1.88. The Morgan fingerprint density at radius 2 is 1.95 bits per heavy atom. The van der Waals surface area contributed by atoms with Gasteiger partial charge in [-0.3, -0.25) is 0 Å². The van der Waals surface area contributed by atoms with E-state index in [1.165, 1.54) is 12.1 Å². The molecule has 2 nitrogen and oxygen atoms in total. The van der Waals surface area contributed by atoms with E-state index in [0.29, 0.717) is 12.0 Å². The highest BCUT2D eigenvalue weighted by Gasteiger charge is 2.09. The van der Waals surface area contributed by atoms with Crippen LogP contribution in [0.2, 0.25) is 0 Å². The van der Waals surface area contributed by atoms with Crippen molar-refractivity contribution in [2.75, 3.05) is 0 Å². The van der Waals surface area contributed by atoms with E-state index < -0.39 is 11.6 Å². The number of nitrogens with one attached hydrogen (secondary N) is 1. The van der Waals surface area contributed by atoms with Gasteiger partial charge in [-0.1, -0.05) is 18.2 Å². The van der Waals surface area contributed by atoms with E-state index in [1.807, 2.05) is 25.1 Å². The lowest BCUT2D eigenvalue weighted by Gasteiger charge is -2.04. The molecule has 0 fully saturated rings. The van der Waals surface area contributed by atoms with E-state index >= 15 is 0 Å². The maximum atomic E-state index is 13.7. The lowest BCUT2D eigenvalue weighted by Crippen LogP contribution is -1.94. The van der Waals surface area contributed by atoms with Crippen molar-refractivity contribution in [2.45, 2.75) is 13.3 Å². The van der Waals surface area contributed by atoms with Gasteiger partial charge in [0.15, 0.2) is 0 Å². The number of aromatic nitrogens is 2. The number of halogens is 2. The van der Waals surface area contributed by atoms with Crippen LogP contribution in [0.1, 0.15) is 17.0 Å². The minimum Gasteiger partial charge on any atom is -0.342 e. The van der Waals surface area contributed by atoms with Crippen LogP contribution in [-0.4, -0.2) is 9.97 Å². The SMILES string of the molecule is Cc1nc2c(Cc3ccc(F)cc3F)cccc2[nH]1. The standard InChI is InChI=1S/C15H12F2N2/c1-9-18-14-4-2-3-11(15(14)19-9)7-10-5-6-12(16)8-13(10)17/h2-6,8H,7H2,1H3,(H,18,19). The monoisotopic (exact) mass is 258 g/mol. The van der Waals surface area contributed by atoms with Gasteiger partial charge in [-0.05, 0) is 30.2 Å². The summed E-state index contributed by atoms with van der Waals surface area (Å²) < 4.78 is 26.6. The van der Waals surface area contributed by atoms with Crippen LogP contribution in [-0.2, 0) is 6.42 Å². The maximum Gasteiger partial charge on any atom is 0.129 e. The first-order valence-electron chi connectivity index (χ1n) is 6.01. The van der Waals surface area contributed by atoms with Crippen molar-refractivity contribution in [1.82, 2.24) is 9.97 Å². The lowest BCUT2D eigenvalue weighted by atomic mass is 10.0. The third-order valence-corrected chi connectivity index (χ3v) is 3.11. The van der Waals surface area contributed by atoms with Crippen LogP contribution in [0.3, 0.4) is 0 Å². The number of hydrogen-bond donors (Lipinski definition) is 1. The summed E-state index contributed by atoms with van der Waals surface area (Å²) >= 11 is 0. The zero-order chi connectivity index (χ0) is 13.4. The molecule has 0 atom stereocenters. The highest BCUT2D eigenvalue weighted by molar-refractivity contribution is 5.79. The number of fused-ring (bicyclic) bond motifs is 1. The molecule has 0 aliphatic heterocycles. The predicted octanol–water partition coefficient (Wildman–Crippen LogP) is 3.74. The van der Waals surface area contributed by atoms with Crippen LogP contribution in [0.15, 0.2) is 36.4 Å². The molecule has 3 rings (SSSR count). The Balaban J connectivity index is 2.05. The summed E-state index contributed by atoms with van der Waals surface area (Å²) in [6, 6.07) is 9.39. The zero-order valence-electron chi connectivity index (χ0n) is 10.4. The number of benzene rings is 2. The number of aryl methyl sites for hydroxylation is 1. The molecule has 0 aliphatic carbocycles. The lowest BCUT2D eigenvalue weighted by molar-refractivity contribution is 0.574. The predicted molar refractivity (Wildman–Crippen MR) is 70.0 cm³/mol. The van der Waals surface area contributed by atoms with Gasteiger partial charge in [-0.2, -0.15) is 0 Å². The molecular formula is C15H12F2N2. The number of aromatic amines is 1. The summed E-state index contributed by atoms with van der Waals surface area (Å²) in [5, 5.41) is 0. The number of rotatable bonds is 2. The second-order valence-corrected chi connectivity index (χ2v) is 4.55. The zero-order valence-corrected chi connectivity index (χ0v) is 10.4. The van der Waals surface area contributed by atoms with Gasteiger partial charge in [0.05, 0.1) is 11.0 Å². The molecule has 0 amide bonds. The minimum absolute atomic E-state index is 0.397. The molecule has 1 heterocycles. The third-order valence-electron chi connectivity index (χ3n) is 3.11. The van der Waals surface area contributed by atoms with Crippen molar-refractivity contribution < 1.29 is 8.78 Å². The first-order valence-corrected chi connectivity index (χ1v) is 6.01. The average Bonchev–Trinajstić information content (AvgIpc) is 2.74. The van der Waals surface area contributed by atoms with Gasteiger partial charge in [-0.15, -0.1) is 0 Å². The van der Waals surface area contributed by atoms with Crippen LogP contribution in [0.5, 0.6) is 0 Å². The van der Waals surface area contributed by atoms with E-state index in [1.54, 1.807) is 0 Å². The summed E-state index contributed by atoms with van der Waals surface area (Å²) in [6.07, 6.45) is 0.397. The van der Waals surface area contributed by atoms with Crippen LogP contribution >= 0.6 is 0 Å². The topological polar surface area (TPSA) is 28.7 Å². The Morgan fingerprint density at radius 1 is 1.11 bits per heavy atom. The van der Waals surface area contributed by atoms with Gasteiger partial charge in [0.2, 0.25) is 0 Å². The first-order chi connectivity index (χ1) is 9.13. The van der Waals surface area contributed by atoms with E-state index in [0.717, 1.165) is 28.5 Å². The maximum absolute atomic E-state index is 13.7. The molecule has 0 unspecified atom stereocenters. The molecule has 0 saturated carbocycles. The van der Waals surface area contributed by atoms with Crippen LogP contribution in [0.4, 0.5) is 8.78 Å². The Bertz CT molecular complexity index is 747. The first kappa shape index (κ1) is 11.8. The number of para-hydroxylation sites is 1. The number of nitrogens with zero attached hydrogens (tertiary/aromatic N) is 1. The molecule has 0 radical (unpaired) electrons. The molecule has 1 aromatic heterocycles. The van der Waals surface area contributed by atoms with Crippen molar-refractivity contribution in [1.29, 1.82) is 0 Å². The van der Waals surface area contributed by atoms with Gasteiger partial charge < -0.3 is 4.98 Å². The van der Waals surface area contributed by atoms with E-state index in [2.05, 4.69) is 9.97 Å². The van der Waals surface area contributed by atoms with E-state index in [-0.39, 0.29) is 0 Å². The van der Waals surface area contributed by atoms with E-state index in [9.17, 15) is 8.78 Å². The summed E-state index contributed by atoms with van der Waals surface area (Å²) in [7, 11) is 0. The minimum atomic E-state index is -0.560. The second-order valence-electron chi connectivity index (χ2n) is 4.55. The highest BCUT2D eigenvalue weighted by Crippen LogP contribution is 2.21. The van der Waals surface area contributed by atoms with Gasteiger partial charge in [0, 0.05) is 12.5 Å². The largest absolute Gasteiger partial charge is 0.342 e. The fourth-order valence-electron chi connectivity index (χ4n) is 2.23. The normalized spacial score (nSPS) is 11.1. The molecule has 0 spiro atoms. The summed E-state index contributed by atoms with van der Waals surface area (Å²) in [5.41, 5.74) is 3.16. The molecule has 3 aromatic rings. The van der Waals surface area contributed by atoms with Gasteiger partial charge >= 0.3 is 0 Å². The van der Waals surface area contributed by atoms with E-state index in [4.69, 9.17) is 0 Å².